The Hall–Kier alpha value is -1.96. The topological polar surface area (TPSA) is 62.9 Å². The van der Waals surface area contributed by atoms with E-state index in [4.69, 9.17) is 5.73 Å². The van der Waals surface area contributed by atoms with Crippen LogP contribution in [-0.2, 0) is 0 Å². The lowest BCUT2D eigenvalue weighted by Gasteiger charge is -2.34. The van der Waals surface area contributed by atoms with Crippen molar-refractivity contribution >= 4 is 11.6 Å². The Morgan fingerprint density at radius 3 is 2.48 bits per heavy atom. The van der Waals surface area contributed by atoms with Crippen molar-refractivity contribution < 1.29 is 17.9 Å². The molecule has 0 aromatic heterocycles. The third-order valence-electron chi connectivity index (χ3n) is 4.33. The van der Waals surface area contributed by atoms with Gasteiger partial charge in [0.25, 0.3) is 0 Å². The Morgan fingerprint density at radius 2 is 1.92 bits per heavy atom. The predicted octanol–water partition coefficient (Wildman–Crippen LogP) is 3.43. The van der Waals surface area contributed by atoms with E-state index in [9.17, 15) is 13.2 Å². The normalized spacial score (nSPS) is 18.8. The van der Waals surface area contributed by atoms with Gasteiger partial charge in [-0.05, 0) is 63.0 Å². The molecule has 0 radical (unpaired) electrons. The molecule has 0 saturated carbocycles. The number of hydrogen-bond acceptors (Lipinski definition) is 3. The fraction of sp³-hybridized carbons (Fsp3) is 0.588. The lowest BCUT2D eigenvalue weighted by molar-refractivity contribution is -0.274. The molecule has 1 unspecified atom stereocenters. The van der Waals surface area contributed by atoms with Gasteiger partial charge < -0.3 is 15.8 Å². The molecule has 8 heteroatoms. The zero-order valence-electron chi connectivity index (χ0n) is 14.5. The van der Waals surface area contributed by atoms with Crippen molar-refractivity contribution in [3.05, 3.63) is 24.3 Å². The van der Waals surface area contributed by atoms with Crippen molar-refractivity contribution in [2.24, 2.45) is 16.6 Å². The summed E-state index contributed by atoms with van der Waals surface area (Å²) in [7, 11) is 0. The van der Waals surface area contributed by atoms with Crippen LogP contribution in [0.4, 0.5) is 18.9 Å². The molecule has 1 saturated heterocycles. The molecule has 140 valence electrons. The van der Waals surface area contributed by atoms with Gasteiger partial charge in [-0.25, -0.2) is 0 Å². The SMILES string of the molecule is CC1CCN(C(C)CN=C(N)Nc2ccc(OC(F)(F)F)cc2)CC1. The number of rotatable bonds is 5. The maximum absolute atomic E-state index is 12.1. The second-order valence-corrected chi connectivity index (χ2v) is 6.49. The first-order valence-corrected chi connectivity index (χ1v) is 8.40. The first kappa shape index (κ1) is 19.4. The minimum absolute atomic E-state index is 0.238. The number of nitrogens with one attached hydrogen (secondary N) is 1. The average Bonchev–Trinajstić information content (AvgIpc) is 2.54. The number of hydrogen-bond donors (Lipinski definition) is 2. The van der Waals surface area contributed by atoms with Gasteiger partial charge in [-0.1, -0.05) is 6.92 Å². The monoisotopic (exact) mass is 358 g/mol. The number of anilines is 1. The lowest BCUT2D eigenvalue weighted by Crippen LogP contribution is -2.41. The first-order chi connectivity index (χ1) is 11.7. The highest BCUT2D eigenvalue weighted by Gasteiger charge is 2.30. The molecular formula is C17H25F3N4O. The van der Waals surface area contributed by atoms with Gasteiger partial charge in [0.15, 0.2) is 5.96 Å². The third kappa shape index (κ3) is 6.81. The molecule has 0 bridgehead atoms. The number of nitrogens with two attached hydrogens (primary N) is 1. The summed E-state index contributed by atoms with van der Waals surface area (Å²) < 4.78 is 40.2. The van der Waals surface area contributed by atoms with Crippen molar-refractivity contribution in [1.82, 2.24) is 4.90 Å². The van der Waals surface area contributed by atoms with Gasteiger partial charge in [0.05, 0.1) is 6.54 Å². The van der Waals surface area contributed by atoms with E-state index >= 15 is 0 Å². The first-order valence-electron chi connectivity index (χ1n) is 8.40. The molecule has 3 N–H and O–H groups in total. The number of benzene rings is 1. The van der Waals surface area contributed by atoms with Crippen LogP contribution >= 0.6 is 0 Å². The van der Waals surface area contributed by atoms with E-state index in [1.807, 2.05) is 0 Å². The van der Waals surface area contributed by atoms with Crippen molar-refractivity contribution in [2.75, 3.05) is 25.0 Å². The van der Waals surface area contributed by atoms with Gasteiger partial charge >= 0.3 is 6.36 Å². The van der Waals surface area contributed by atoms with Gasteiger partial charge in [0, 0.05) is 11.7 Å². The molecule has 0 aliphatic carbocycles. The fourth-order valence-electron chi connectivity index (χ4n) is 2.74. The van der Waals surface area contributed by atoms with Crippen molar-refractivity contribution in [3.63, 3.8) is 0 Å². The van der Waals surface area contributed by atoms with Crippen LogP contribution in [0.2, 0.25) is 0 Å². The highest BCUT2D eigenvalue weighted by molar-refractivity contribution is 5.92. The molecule has 1 atom stereocenters. The van der Waals surface area contributed by atoms with E-state index in [1.165, 1.54) is 37.1 Å². The van der Waals surface area contributed by atoms with E-state index in [-0.39, 0.29) is 11.7 Å². The lowest BCUT2D eigenvalue weighted by atomic mass is 9.98. The van der Waals surface area contributed by atoms with E-state index in [0.29, 0.717) is 18.3 Å². The summed E-state index contributed by atoms with van der Waals surface area (Å²) in [5.74, 6) is 0.742. The maximum atomic E-state index is 12.1. The van der Waals surface area contributed by atoms with Crippen LogP contribution in [0.1, 0.15) is 26.7 Å². The zero-order valence-corrected chi connectivity index (χ0v) is 14.5. The molecule has 2 rings (SSSR count). The van der Waals surface area contributed by atoms with E-state index in [0.717, 1.165) is 19.0 Å². The molecule has 0 spiro atoms. The van der Waals surface area contributed by atoms with Crippen molar-refractivity contribution in [2.45, 2.75) is 39.1 Å². The minimum Gasteiger partial charge on any atom is -0.406 e. The van der Waals surface area contributed by atoms with E-state index < -0.39 is 6.36 Å². The predicted molar refractivity (Wildman–Crippen MR) is 92.7 cm³/mol. The summed E-state index contributed by atoms with van der Waals surface area (Å²) in [4.78, 5) is 6.73. The van der Waals surface area contributed by atoms with Crippen LogP contribution in [0.3, 0.4) is 0 Å². The molecule has 5 nitrogen and oxygen atoms in total. The second kappa shape index (κ2) is 8.42. The zero-order chi connectivity index (χ0) is 18.4. The number of ether oxygens (including phenoxy) is 1. The number of nitrogens with zero attached hydrogens (tertiary/aromatic N) is 2. The summed E-state index contributed by atoms with van der Waals surface area (Å²) in [6.07, 6.45) is -2.29. The van der Waals surface area contributed by atoms with Crippen LogP contribution < -0.4 is 15.8 Å². The van der Waals surface area contributed by atoms with Gasteiger partial charge in [0.1, 0.15) is 5.75 Å². The molecular weight excluding hydrogens is 333 g/mol. The largest absolute Gasteiger partial charge is 0.573 e. The van der Waals surface area contributed by atoms with E-state index in [1.54, 1.807) is 0 Å². The summed E-state index contributed by atoms with van der Waals surface area (Å²) >= 11 is 0. The van der Waals surface area contributed by atoms with Gasteiger partial charge in [0.2, 0.25) is 0 Å². The number of halogens is 3. The molecule has 25 heavy (non-hydrogen) atoms. The Morgan fingerprint density at radius 1 is 1.32 bits per heavy atom. The Bertz CT molecular complexity index is 566. The maximum Gasteiger partial charge on any atom is 0.573 e. The number of guanidine groups is 1. The number of alkyl halides is 3. The summed E-state index contributed by atoms with van der Waals surface area (Å²) in [5.41, 5.74) is 6.41. The van der Waals surface area contributed by atoms with Crippen LogP contribution in [0.15, 0.2) is 29.3 Å². The van der Waals surface area contributed by atoms with Crippen LogP contribution in [0, 0.1) is 5.92 Å². The smallest absolute Gasteiger partial charge is 0.406 e. The highest BCUT2D eigenvalue weighted by Crippen LogP contribution is 2.24. The highest BCUT2D eigenvalue weighted by atomic mass is 19.4. The molecule has 1 aromatic rings. The van der Waals surface area contributed by atoms with Gasteiger partial charge in [-0.3, -0.25) is 9.89 Å². The molecule has 1 heterocycles. The molecule has 1 fully saturated rings. The standard InChI is InChI=1S/C17H25F3N4O/c1-12-7-9-24(10-8-12)13(2)11-22-16(21)23-14-3-5-15(6-4-14)25-17(18,19)20/h3-6,12-13H,7-11H2,1-2H3,(H3,21,22,23). The fourth-order valence-corrected chi connectivity index (χ4v) is 2.74. The Kier molecular flexibility index (Phi) is 6.52. The Balaban J connectivity index is 1.82. The minimum atomic E-state index is -4.70. The summed E-state index contributed by atoms with van der Waals surface area (Å²) in [5, 5.41) is 2.87. The van der Waals surface area contributed by atoms with E-state index in [2.05, 4.69) is 33.8 Å². The van der Waals surface area contributed by atoms with Crippen molar-refractivity contribution in [1.29, 1.82) is 0 Å². The molecule has 0 amide bonds. The summed E-state index contributed by atoms with van der Waals surface area (Å²) in [6, 6.07) is 5.66. The summed E-state index contributed by atoms with van der Waals surface area (Å²) in [6.45, 7) is 7.11. The van der Waals surface area contributed by atoms with Crippen molar-refractivity contribution in [3.8, 4) is 5.75 Å². The molecule has 1 aliphatic rings. The molecule has 1 aromatic carbocycles. The molecule has 1 aliphatic heterocycles. The van der Waals surface area contributed by atoms with Gasteiger partial charge in [-0.15, -0.1) is 13.2 Å². The number of likely N-dealkylation sites (tertiary alicyclic amines) is 1. The Labute approximate surface area is 146 Å². The van der Waals surface area contributed by atoms with Crippen LogP contribution in [0.5, 0.6) is 5.75 Å². The number of piperidine rings is 1. The average molecular weight is 358 g/mol. The van der Waals surface area contributed by atoms with Crippen LogP contribution in [-0.4, -0.2) is 42.9 Å². The van der Waals surface area contributed by atoms with Crippen LogP contribution in [0.25, 0.3) is 0 Å². The number of aliphatic imine (C=N–C) groups is 1. The quantitative estimate of drug-likeness (QED) is 0.625. The third-order valence-corrected chi connectivity index (χ3v) is 4.33. The second-order valence-electron chi connectivity index (χ2n) is 6.49. The van der Waals surface area contributed by atoms with Gasteiger partial charge in [-0.2, -0.15) is 0 Å².